The summed E-state index contributed by atoms with van der Waals surface area (Å²) in [4.78, 5) is 24.5. The average molecular weight is 354 g/mol. The van der Waals surface area contributed by atoms with Crippen LogP contribution >= 0.6 is 11.3 Å². The molecule has 1 atom stereocenters. The van der Waals surface area contributed by atoms with Crippen molar-refractivity contribution < 1.29 is 14.3 Å². The van der Waals surface area contributed by atoms with Gasteiger partial charge in [-0.15, -0.1) is 11.3 Å². The summed E-state index contributed by atoms with van der Waals surface area (Å²) in [6.07, 6.45) is 3.39. The van der Waals surface area contributed by atoms with Gasteiger partial charge in [-0.25, -0.2) is 4.79 Å². The highest BCUT2D eigenvalue weighted by atomic mass is 32.1. The number of nitrogens with zero attached hydrogens (tertiary/aromatic N) is 1. The molecule has 0 bridgehead atoms. The molecule has 25 heavy (non-hydrogen) atoms. The van der Waals surface area contributed by atoms with Crippen LogP contribution < -0.4 is 5.32 Å². The van der Waals surface area contributed by atoms with Crippen LogP contribution in [0.1, 0.15) is 46.8 Å². The van der Waals surface area contributed by atoms with E-state index >= 15 is 0 Å². The quantitative estimate of drug-likeness (QED) is 0.850. The van der Waals surface area contributed by atoms with Crippen LogP contribution in [0, 0.1) is 11.3 Å². The van der Waals surface area contributed by atoms with Gasteiger partial charge in [-0.05, 0) is 67.3 Å². The summed E-state index contributed by atoms with van der Waals surface area (Å²) in [5.74, 6) is -0.965. The third-order valence-electron chi connectivity index (χ3n) is 4.26. The van der Waals surface area contributed by atoms with Gasteiger partial charge < -0.3 is 10.1 Å². The molecule has 6 heteroatoms. The predicted molar refractivity (Wildman–Crippen MR) is 95.6 cm³/mol. The molecular weight excluding hydrogens is 336 g/mol. The molecule has 1 heterocycles. The second kappa shape index (κ2) is 7.49. The molecule has 0 saturated carbocycles. The number of nitrogens with one attached hydrogen (secondary N) is 1. The number of hydrogen-bond donors (Lipinski definition) is 1. The molecule has 3 rings (SSSR count). The molecule has 1 aromatic heterocycles. The molecule has 0 spiro atoms. The molecule has 5 nitrogen and oxygen atoms in total. The molecule has 0 unspecified atom stereocenters. The fraction of sp³-hybridized carbons (Fsp3) is 0.316. The van der Waals surface area contributed by atoms with Crippen molar-refractivity contribution in [2.75, 3.05) is 5.32 Å². The first kappa shape index (κ1) is 17.2. The molecule has 1 aromatic carbocycles. The predicted octanol–water partition coefficient (Wildman–Crippen LogP) is 3.68. The van der Waals surface area contributed by atoms with Crippen molar-refractivity contribution in [3.05, 3.63) is 51.9 Å². The second-order valence-corrected chi connectivity index (χ2v) is 6.92. The largest absolute Gasteiger partial charge is 0.449 e. The molecule has 1 aliphatic carbocycles. The highest BCUT2D eigenvalue weighted by Gasteiger charge is 2.21. The number of thiophene rings is 1. The van der Waals surface area contributed by atoms with Crippen LogP contribution in [-0.2, 0) is 22.4 Å². The summed E-state index contributed by atoms with van der Waals surface area (Å²) in [6.45, 7) is 1.52. The van der Waals surface area contributed by atoms with Crippen molar-refractivity contribution in [2.24, 2.45) is 0 Å². The molecule has 0 fully saturated rings. The Hall–Kier alpha value is -2.65. The van der Waals surface area contributed by atoms with Crippen LogP contribution in [0.3, 0.4) is 0 Å². The minimum absolute atomic E-state index is 0.395. The Kier molecular flexibility index (Phi) is 5.15. The number of aryl methyl sites for hydroxylation is 2. The van der Waals surface area contributed by atoms with Gasteiger partial charge in [0.05, 0.1) is 11.1 Å². The Bertz CT molecular complexity index is 851. The van der Waals surface area contributed by atoms with Gasteiger partial charge in [0.15, 0.2) is 6.10 Å². The Morgan fingerprint density at radius 3 is 2.76 bits per heavy atom. The van der Waals surface area contributed by atoms with E-state index in [0.717, 1.165) is 19.3 Å². The zero-order valence-electron chi connectivity index (χ0n) is 13.9. The second-order valence-electron chi connectivity index (χ2n) is 6.00. The van der Waals surface area contributed by atoms with Gasteiger partial charge in [0, 0.05) is 0 Å². The van der Waals surface area contributed by atoms with Gasteiger partial charge in [0.25, 0.3) is 5.91 Å². The SMILES string of the molecule is C[C@H](OC(=O)c1ccc2c(c1)CCCC2)C(=O)Nc1sccc1C#N. The minimum atomic E-state index is -0.947. The standard InChI is InChI=1S/C19H18N2O3S/c1-12(17(22)21-18-16(11-20)8-9-25-18)24-19(23)15-7-6-13-4-2-3-5-14(13)10-15/h6-10,12H,2-5H2,1H3,(H,21,22)/t12-/m0/s1. The fourth-order valence-corrected chi connectivity index (χ4v) is 3.59. The number of hydrogen-bond acceptors (Lipinski definition) is 5. The normalized spacial score (nSPS) is 14.1. The number of carbonyl (C=O) groups excluding carboxylic acids is 2. The average Bonchev–Trinajstić information content (AvgIpc) is 3.08. The Labute approximate surface area is 150 Å². The van der Waals surface area contributed by atoms with Crippen LogP contribution in [-0.4, -0.2) is 18.0 Å². The highest BCUT2D eigenvalue weighted by Crippen LogP contribution is 2.24. The van der Waals surface area contributed by atoms with E-state index in [2.05, 4.69) is 5.32 Å². The van der Waals surface area contributed by atoms with E-state index < -0.39 is 18.0 Å². The van der Waals surface area contributed by atoms with Gasteiger partial charge in [0.1, 0.15) is 11.1 Å². The summed E-state index contributed by atoms with van der Waals surface area (Å²) >= 11 is 1.26. The van der Waals surface area contributed by atoms with E-state index in [0.29, 0.717) is 16.1 Å². The Balaban J connectivity index is 1.64. The molecule has 0 saturated heterocycles. The number of amides is 1. The number of carbonyl (C=O) groups is 2. The maximum Gasteiger partial charge on any atom is 0.338 e. The van der Waals surface area contributed by atoms with Gasteiger partial charge in [-0.1, -0.05) is 6.07 Å². The maximum atomic E-state index is 12.3. The summed E-state index contributed by atoms with van der Waals surface area (Å²) in [7, 11) is 0. The van der Waals surface area contributed by atoms with Crippen molar-refractivity contribution in [2.45, 2.75) is 38.7 Å². The van der Waals surface area contributed by atoms with Crippen LogP contribution in [0.5, 0.6) is 0 Å². The fourth-order valence-electron chi connectivity index (χ4n) is 2.85. The van der Waals surface area contributed by atoms with Crippen molar-refractivity contribution >= 4 is 28.2 Å². The van der Waals surface area contributed by atoms with Crippen LogP contribution in [0.4, 0.5) is 5.00 Å². The molecule has 0 radical (unpaired) electrons. The van der Waals surface area contributed by atoms with E-state index in [1.807, 2.05) is 18.2 Å². The molecule has 2 aromatic rings. The first-order valence-corrected chi connectivity index (χ1v) is 9.07. The van der Waals surface area contributed by atoms with Gasteiger partial charge in [-0.3, -0.25) is 4.79 Å². The summed E-state index contributed by atoms with van der Waals surface area (Å²) < 4.78 is 5.28. The zero-order valence-corrected chi connectivity index (χ0v) is 14.7. The smallest absolute Gasteiger partial charge is 0.338 e. The molecule has 1 amide bonds. The highest BCUT2D eigenvalue weighted by molar-refractivity contribution is 7.14. The molecule has 0 aliphatic heterocycles. The zero-order chi connectivity index (χ0) is 17.8. The maximum absolute atomic E-state index is 12.3. The van der Waals surface area contributed by atoms with Crippen molar-refractivity contribution in [1.82, 2.24) is 0 Å². The van der Waals surface area contributed by atoms with Crippen LogP contribution in [0.15, 0.2) is 29.6 Å². The first-order valence-electron chi connectivity index (χ1n) is 8.19. The molecular formula is C19H18N2O3S. The van der Waals surface area contributed by atoms with Crippen LogP contribution in [0.25, 0.3) is 0 Å². The van der Waals surface area contributed by atoms with E-state index in [4.69, 9.17) is 10.00 Å². The van der Waals surface area contributed by atoms with Gasteiger partial charge >= 0.3 is 5.97 Å². The van der Waals surface area contributed by atoms with Crippen LogP contribution in [0.2, 0.25) is 0 Å². The Morgan fingerprint density at radius 2 is 2.00 bits per heavy atom. The number of rotatable bonds is 4. The van der Waals surface area contributed by atoms with E-state index in [1.54, 1.807) is 17.5 Å². The molecule has 128 valence electrons. The lowest BCUT2D eigenvalue weighted by molar-refractivity contribution is -0.123. The topological polar surface area (TPSA) is 79.2 Å². The number of benzene rings is 1. The number of ether oxygens (including phenoxy) is 1. The molecule has 1 aliphatic rings. The van der Waals surface area contributed by atoms with E-state index in [9.17, 15) is 9.59 Å². The van der Waals surface area contributed by atoms with Crippen molar-refractivity contribution in [1.29, 1.82) is 5.26 Å². The summed E-state index contributed by atoms with van der Waals surface area (Å²) in [5, 5.41) is 13.8. The lowest BCUT2D eigenvalue weighted by Crippen LogP contribution is -2.30. The Morgan fingerprint density at radius 1 is 1.24 bits per heavy atom. The number of anilines is 1. The lowest BCUT2D eigenvalue weighted by Gasteiger charge is -2.17. The summed E-state index contributed by atoms with van der Waals surface area (Å²) in [5.41, 5.74) is 3.34. The van der Waals surface area contributed by atoms with Crippen molar-refractivity contribution in [3.8, 4) is 6.07 Å². The number of nitriles is 1. The van der Waals surface area contributed by atoms with E-state index in [1.165, 1.54) is 35.8 Å². The molecule has 1 N–H and O–H groups in total. The minimum Gasteiger partial charge on any atom is -0.449 e. The number of fused-ring (bicyclic) bond motifs is 1. The third kappa shape index (κ3) is 3.89. The lowest BCUT2D eigenvalue weighted by atomic mass is 9.90. The third-order valence-corrected chi connectivity index (χ3v) is 5.09. The number of esters is 1. The first-order chi connectivity index (χ1) is 12.1. The monoisotopic (exact) mass is 354 g/mol. The van der Waals surface area contributed by atoms with E-state index in [-0.39, 0.29) is 0 Å². The summed E-state index contributed by atoms with van der Waals surface area (Å²) in [6, 6.07) is 9.23. The van der Waals surface area contributed by atoms with Gasteiger partial charge in [0.2, 0.25) is 0 Å². The van der Waals surface area contributed by atoms with Crippen molar-refractivity contribution in [3.63, 3.8) is 0 Å². The van der Waals surface area contributed by atoms with Gasteiger partial charge in [-0.2, -0.15) is 5.26 Å².